The zero-order chi connectivity index (χ0) is 13.6. The van der Waals surface area contributed by atoms with Crippen molar-refractivity contribution in [2.24, 2.45) is 0 Å². The second-order valence-corrected chi connectivity index (χ2v) is 4.53. The van der Waals surface area contributed by atoms with Crippen molar-refractivity contribution in [1.29, 1.82) is 0 Å². The number of hydrogen-bond acceptors (Lipinski definition) is 3. The molecule has 0 aliphatic rings. The van der Waals surface area contributed by atoms with E-state index in [9.17, 15) is 30.9 Å². The van der Waals surface area contributed by atoms with E-state index in [2.05, 4.69) is 4.52 Å². The molecule has 0 saturated carbocycles. The molecule has 0 aliphatic carbocycles. The van der Waals surface area contributed by atoms with Crippen molar-refractivity contribution in [1.82, 2.24) is 0 Å². The third-order valence-electron chi connectivity index (χ3n) is 0.978. The SMILES string of the molecule is CCOP(=O)(C(F)(F)F)C(F)(F)F.O=PO. The van der Waals surface area contributed by atoms with Crippen LogP contribution in [-0.2, 0) is 13.7 Å². The molecule has 0 atom stereocenters. The summed E-state index contributed by atoms with van der Waals surface area (Å²) in [6.07, 6.45) is 0. The third-order valence-corrected chi connectivity index (χ3v) is 2.94. The van der Waals surface area contributed by atoms with Crippen LogP contribution in [0, 0.1) is 0 Å². The molecule has 98 valence electrons. The maximum Gasteiger partial charge on any atom is 0.475 e. The van der Waals surface area contributed by atoms with Gasteiger partial charge in [-0.05, 0) is 6.92 Å². The van der Waals surface area contributed by atoms with Gasteiger partial charge in [0.1, 0.15) is 0 Å². The van der Waals surface area contributed by atoms with Crippen LogP contribution in [0.3, 0.4) is 0 Å². The van der Waals surface area contributed by atoms with E-state index in [0.29, 0.717) is 0 Å². The van der Waals surface area contributed by atoms with Gasteiger partial charge in [0.05, 0.1) is 6.61 Å². The van der Waals surface area contributed by atoms with E-state index in [1.54, 1.807) is 0 Å². The first-order valence-electron chi connectivity index (χ1n) is 3.32. The van der Waals surface area contributed by atoms with Crippen LogP contribution in [0.5, 0.6) is 0 Å². The summed E-state index contributed by atoms with van der Waals surface area (Å²) in [6, 6.07) is 0. The fourth-order valence-electron chi connectivity index (χ4n) is 0.472. The summed E-state index contributed by atoms with van der Waals surface area (Å²) in [5.74, 6) is -11.8. The van der Waals surface area contributed by atoms with Gasteiger partial charge in [-0.1, -0.05) is 0 Å². The van der Waals surface area contributed by atoms with Crippen LogP contribution in [0.15, 0.2) is 0 Å². The molecule has 0 spiro atoms. The molecule has 16 heavy (non-hydrogen) atoms. The molecule has 4 nitrogen and oxygen atoms in total. The molecule has 0 fully saturated rings. The number of alkyl halides is 6. The zero-order valence-electron chi connectivity index (χ0n) is 7.54. The van der Waals surface area contributed by atoms with Gasteiger partial charge in [0.25, 0.3) is 0 Å². The van der Waals surface area contributed by atoms with Crippen LogP contribution in [0.25, 0.3) is 0 Å². The zero-order valence-corrected chi connectivity index (χ0v) is 9.33. The van der Waals surface area contributed by atoms with Gasteiger partial charge < -0.3 is 9.42 Å². The topological polar surface area (TPSA) is 63.6 Å². The fourth-order valence-corrected chi connectivity index (χ4v) is 1.42. The van der Waals surface area contributed by atoms with E-state index in [4.69, 9.17) is 9.46 Å². The molecule has 0 heterocycles. The highest BCUT2D eigenvalue weighted by Crippen LogP contribution is 2.71. The maximum absolute atomic E-state index is 11.7. The van der Waals surface area contributed by atoms with E-state index < -0.39 is 34.5 Å². The van der Waals surface area contributed by atoms with Crippen LogP contribution in [0.2, 0.25) is 0 Å². The monoisotopic (exact) mass is 294 g/mol. The second-order valence-electron chi connectivity index (χ2n) is 1.99. The van der Waals surface area contributed by atoms with Crippen molar-refractivity contribution in [3.63, 3.8) is 0 Å². The lowest BCUT2D eigenvalue weighted by molar-refractivity contribution is -0.112. The Hall–Kier alpha value is -0.170. The van der Waals surface area contributed by atoms with Crippen LogP contribution in [0.4, 0.5) is 26.3 Å². The number of rotatable bonds is 2. The molecule has 0 amide bonds. The summed E-state index contributed by atoms with van der Waals surface area (Å²) in [5, 5.41) is 0. The van der Waals surface area contributed by atoms with Gasteiger partial charge in [0, 0.05) is 0 Å². The Morgan fingerprint density at radius 1 is 1.19 bits per heavy atom. The Morgan fingerprint density at radius 2 is 1.44 bits per heavy atom. The number of hydrogen-bond donors (Lipinski definition) is 1. The predicted octanol–water partition coefficient (Wildman–Crippen LogP) is 3.53. The molecule has 12 heteroatoms. The van der Waals surface area contributed by atoms with Crippen molar-refractivity contribution < 1.29 is 44.9 Å². The van der Waals surface area contributed by atoms with Crippen molar-refractivity contribution in [2.75, 3.05) is 6.61 Å². The van der Waals surface area contributed by atoms with E-state index in [1.807, 2.05) is 0 Å². The summed E-state index contributed by atoms with van der Waals surface area (Å²) in [4.78, 5) is 6.99. The normalized spacial score (nSPS) is 13.2. The maximum atomic E-state index is 11.7. The van der Waals surface area contributed by atoms with Gasteiger partial charge in [-0.25, -0.2) is 4.57 Å². The van der Waals surface area contributed by atoms with Crippen molar-refractivity contribution >= 4 is 16.1 Å². The average Bonchev–Trinajstić information content (AvgIpc) is 2.01. The summed E-state index contributed by atoms with van der Waals surface area (Å²) >= 11 is 0. The number of halogens is 6. The van der Waals surface area contributed by atoms with Gasteiger partial charge >= 0.3 is 27.9 Å². The van der Waals surface area contributed by atoms with Gasteiger partial charge in [-0.15, -0.1) is 0 Å². The quantitative estimate of drug-likeness (QED) is 0.625. The standard InChI is InChI=1S/C4H5F6O2P.HO2P/c1-2-12-13(11,3(5,6)7)4(8,9)10;1-3-2/h2H2,1H3;(H,1,2). The lowest BCUT2D eigenvalue weighted by atomic mass is 10.9. The highest BCUT2D eigenvalue weighted by Gasteiger charge is 2.69. The molecule has 0 aromatic carbocycles. The summed E-state index contributed by atoms with van der Waals surface area (Å²) in [6.45, 7) is -0.0274. The van der Waals surface area contributed by atoms with Crippen molar-refractivity contribution in [3.05, 3.63) is 0 Å². The van der Waals surface area contributed by atoms with Crippen LogP contribution in [0.1, 0.15) is 6.92 Å². The van der Waals surface area contributed by atoms with Crippen LogP contribution >= 0.6 is 16.1 Å². The summed E-state index contributed by atoms with van der Waals surface area (Å²) < 4.78 is 92.2. The van der Waals surface area contributed by atoms with E-state index in [0.717, 1.165) is 6.92 Å². The molecule has 0 aromatic heterocycles. The van der Waals surface area contributed by atoms with Gasteiger partial charge in [0.15, 0.2) is 0 Å². The molecule has 0 rings (SSSR count). The molecular formula is C4H6F6O4P2. The lowest BCUT2D eigenvalue weighted by Gasteiger charge is -2.21. The average molecular weight is 294 g/mol. The van der Waals surface area contributed by atoms with Gasteiger partial charge in [-0.3, -0.25) is 4.57 Å². The Balaban J connectivity index is 0. The largest absolute Gasteiger partial charge is 0.475 e. The highest BCUT2D eigenvalue weighted by atomic mass is 31.2. The Labute approximate surface area is 87.3 Å². The molecule has 0 aromatic rings. The molecular weight excluding hydrogens is 288 g/mol. The first kappa shape index (κ1) is 18.2. The minimum absolute atomic E-state index is 0.833. The van der Waals surface area contributed by atoms with Crippen LogP contribution in [-0.4, -0.2) is 23.3 Å². The Bertz CT molecular complexity index is 242. The Morgan fingerprint density at radius 3 is 1.50 bits per heavy atom. The summed E-state index contributed by atoms with van der Waals surface area (Å²) in [7, 11) is -7.42. The second kappa shape index (κ2) is 6.54. The minimum atomic E-state index is -6.59. The molecule has 0 unspecified atom stereocenters. The van der Waals surface area contributed by atoms with Crippen molar-refractivity contribution in [2.45, 2.75) is 18.8 Å². The first-order chi connectivity index (χ1) is 6.97. The van der Waals surface area contributed by atoms with Gasteiger partial charge in [0.2, 0.25) is 0 Å². The predicted molar refractivity (Wildman–Crippen MR) is 41.2 cm³/mol. The van der Waals surface area contributed by atoms with E-state index in [-0.39, 0.29) is 0 Å². The molecule has 1 N–H and O–H groups in total. The van der Waals surface area contributed by atoms with E-state index >= 15 is 0 Å². The first-order valence-corrected chi connectivity index (χ1v) is 5.71. The Kier molecular flexibility index (Phi) is 7.44. The fraction of sp³-hybridized carbons (Fsp3) is 1.00. The van der Waals surface area contributed by atoms with Gasteiger partial charge in [-0.2, -0.15) is 26.3 Å². The molecule has 0 radical (unpaired) electrons. The third kappa shape index (κ3) is 4.78. The molecule has 0 saturated heterocycles. The van der Waals surface area contributed by atoms with E-state index in [1.165, 1.54) is 0 Å². The van der Waals surface area contributed by atoms with Crippen LogP contribution < -0.4 is 0 Å². The highest BCUT2D eigenvalue weighted by molar-refractivity contribution is 7.61. The smallest absolute Gasteiger partial charge is 0.316 e. The molecule has 0 aliphatic heterocycles. The molecule has 0 bridgehead atoms. The van der Waals surface area contributed by atoms with Crippen molar-refractivity contribution in [3.8, 4) is 0 Å². The lowest BCUT2D eigenvalue weighted by Crippen LogP contribution is -2.24. The summed E-state index contributed by atoms with van der Waals surface area (Å²) in [5.41, 5.74) is 0. The minimum Gasteiger partial charge on any atom is -0.316 e.